The van der Waals surface area contributed by atoms with Crippen molar-refractivity contribution in [3.05, 3.63) is 29.3 Å². The van der Waals surface area contributed by atoms with E-state index in [-0.39, 0.29) is 11.4 Å². The van der Waals surface area contributed by atoms with Crippen LogP contribution in [0.2, 0.25) is 0 Å². The van der Waals surface area contributed by atoms with Gasteiger partial charge >= 0.3 is 0 Å². The highest BCUT2D eigenvalue weighted by Crippen LogP contribution is 2.28. The fraction of sp³-hybridized carbons (Fsp3) is 0.588. The average molecular weight is 277 g/mol. The van der Waals surface area contributed by atoms with E-state index in [0.717, 1.165) is 16.9 Å². The predicted octanol–water partition coefficient (Wildman–Crippen LogP) is 3.80. The third kappa shape index (κ3) is 4.87. The molecule has 0 saturated heterocycles. The molecule has 1 N–H and O–H groups in total. The van der Waals surface area contributed by atoms with Crippen LogP contribution in [0.4, 0.5) is 0 Å². The van der Waals surface area contributed by atoms with Gasteiger partial charge in [-0.15, -0.1) is 0 Å². The van der Waals surface area contributed by atoms with Crippen molar-refractivity contribution in [1.29, 1.82) is 0 Å². The monoisotopic (exact) mass is 277 g/mol. The average Bonchev–Trinajstić information content (AvgIpc) is 2.26. The molecule has 0 aliphatic rings. The molecule has 1 aromatic rings. The molecule has 1 atom stereocenters. The lowest BCUT2D eigenvalue weighted by Gasteiger charge is -2.24. The number of rotatable bonds is 4. The van der Waals surface area contributed by atoms with Gasteiger partial charge in [-0.3, -0.25) is 4.79 Å². The highest BCUT2D eigenvalue weighted by molar-refractivity contribution is 5.81. The SMILES string of the molecule is Cc1ccc(C(C)C)c(OC(C)C(=O)NC(C)(C)C)c1. The Morgan fingerprint density at radius 1 is 1.20 bits per heavy atom. The minimum Gasteiger partial charge on any atom is -0.481 e. The van der Waals surface area contributed by atoms with Gasteiger partial charge in [-0.25, -0.2) is 0 Å². The molecule has 0 heterocycles. The molecule has 0 aromatic heterocycles. The second-order valence-electron chi connectivity index (χ2n) is 6.70. The number of ether oxygens (including phenoxy) is 1. The number of aryl methyl sites for hydroxylation is 1. The summed E-state index contributed by atoms with van der Waals surface area (Å²) in [6.45, 7) is 13.9. The standard InChI is InChI=1S/C17H27NO2/c1-11(2)14-9-8-12(3)10-15(14)20-13(4)16(19)18-17(5,6)7/h8-11,13H,1-7H3,(H,18,19). The van der Waals surface area contributed by atoms with Crippen molar-refractivity contribution in [3.63, 3.8) is 0 Å². The van der Waals surface area contributed by atoms with Gasteiger partial charge < -0.3 is 10.1 Å². The maximum Gasteiger partial charge on any atom is 0.261 e. The molecule has 20 heavy (non-hydrogen) atoms. The molecule has 0 bridgehead atoms. The maximum absolute atomic E-state index is 12.1. The fourth-order valence-corrected chi connectivity index (χ4v) is 1.94. The van der Waals surface area contributed by atoms with E-state index in [4.69, 9.17) is 4.74 Å². The summed E-state index contributed by atoms with van der Waals surface area (Å²) in [7, 11) is 0. The Hall–Kier alpha value is -1.51. The van der Waals surface area contributed by atoms with Gasteiger partial charge in [0.25, 0.3) is 5.91 Å². The van der Waals surface area contributed by atoms with Crippen LogP contribution >= 0.6 is 0 Å². The maximum atomic E-state index is 12.1. The van der Waals surface area contributed by atoms with Crippen LogP contribution in [0.3, 0.4) is 0 Å². The predicted molar refractivity (Wildman–Crippen MR) is 83.3 cm³/mol. The minimum atomic E-state index is -0.506. The second kappa shape index (κ2) is 6.29. The van der Waals surface area contributed by atoms with Gasteiger partial charge in [-0.05, 0) is 57.7 Å². The van der Waals surface area contributed by atoms with Gasteiger partial charge in [-0.2, -0.15) is 0 Å². The molecule has 0 fully saturated rings. The van der Waals surface area contributed by atoms with E-state index < -0.39 is 6.10 Å². The van der Waals surface area contributed by atoms with E-state index in [2.05, 4.69) is 31.3 Å². The van der Waals surface area contributed by atoms with E-state index in [1.165, 1.54) is 0 Å². The number of nitrogens with one attached hydrogen (secondary N) is 1. The summed E-state index contributed by atoms with van der Waals surface area (Å²) in [4.78, 5) is 12.1. The van der Waals surface area contributed by atoms with Crippen LogP contribution in [0.5, 0.6) is 5.75 Å². The number of hydrogen-bond donors (Lipinski definition) is 1. The zero-order valence-corrected chi connectivity index (χ0v) is 13.7. The fourth-order valence-electron chi connectivity index (χ4n) is 1.94. The summed E-state index contributed by atoms with van der Waals surface area (Å²) >= 11 is 0. The molecule has 3 nitrogen and oxygen atoms in total. The van der Waals surface area contributed by atoms with Crippen molar-refractivity contribution in [2.45, 2.75) is 66.0 Å². The van der Waals surface area contributed by atoms with E-state index in [0.29, 0.717) is 5.92 Å². The van der Waals surface area contributed by atoms with E-state index in [9.17, 15) is 4.79 Å². The van der Waals surface area contributed by atoms with Crippen LogP contribution in [0.15, 0.2) is 18.2 Å². The van der Waals surface area contributed by atoms with Gasteiger partial charge in [0.2, 0.25) is 0 Å². The first-order valence-electron chi connectivity index (χ1n) is 7.19. The summed E-state index contributed by atoms with van der Waals surface area (Å²) in [6.07, 6.45) is -0.506. The number of carbonyl (C=O) groups excluding carboxylic acids is 1. The first kappa shape index (κ1) is 16.5. The van der Waals surface area contributed by atoms with Crippen LogP contribution in [-0.2, 0) is 4.79 Å². The molecule has 0 aliphatic carbocycles. The summed E-state index contributed by atoms with van der Waals surface area (Å²) in [5.41, 5.74) is 2.01. The Labute approximate surface area is 122 Å². The number of amides is 1. The molecule has 1 rings (SSSR count). The Morgan fingerprint density at radius 3 is 2.30 bits per heavy atom. The lowest BCUT2D eigenvalue weighted by molar-refractivity contribution is -0.128. The van der Waals surface area contributed by atoms with Crippen molar-refractivity contribution in [2.75, 3.05) is 0 Å². The molecule has 112 valence electrons. The first-order valence-corrected chi connectivity index (χ1v) is 7.19. The number of benzene rings is 1. The molecular formula is C17H27NO2. The van der Waals surface area contributed by atoms with E-state index in [1.54, 1.807) is 6.92 Å². The zero-order chi connectivity index (χ0) is 15.5. The third-order valence-electron chi connectivity index (χ3n) is 2.96. The minimum absolute atomic E-state index is 0.0892. The summed E-state index contributed by atoms with van der Waals surface area (Å²) in [5, 5.41) is 2.94. The quantitative estimate of drug-likeness (QED) is 0.909. The molecule has 0 radical (unpaired) electrons. The first-order chi connectivity index (χ1) is 9.10. The van der Waals surface area contributed by atoms with Crippen molar-refractivity contribution < 1.29 is 9.53 Å². The molecule has 0 spiro atoms. The molecule has 3 heteroatoms. The molecular weight excluding hydrogens is 250 g/mol. The third-order valence-corrected chi connectivity index (χ3v) is 2.96. The van der Waals surface area contributed by atoms with E-state index >= 15 is 0 Å². The topological polar surface area (TPSA) is 38.3 Å². The summed E-state index contributed by atoms with van der Waals surface area (Å²) in [5.74, 6) is 1.08. The van der Waals surface area contributed by atoms with Crippen LogP contribution in [0.1, 0.15) is 58.6 Å². The number of carbonyl (C=O) groups is 1. The van der Waals surface area contributed by atoms with Gasteiger partial charge in [0, 0.05) is 5.54 Å². The number of hydrogen-bond acceptors (Lipinski definition) is 2. The summed E-state index contributed by atoms with van der Waals surface area (Å²) < 4.78 is 5.88. The molecule has 1 amide bonds. The van der Waals surface area contributed by atoms with Crippen LogP contribution in [-0.4, -0.2) is 17.6 Å². The summed E-state index contributed by atoms with van der Waals surface area (Å²) in [6, 6.07) is 6.14. The molecule has 1 unspecified atom stereocenters. The second-order valence-corrected chi connectivity index (χ2v) is 6.70. The highest BCUT2D eigenvalue weighted by atomic mass is 16.5. The van der Waals surface area contributed by atoms with Gasteiger partial charge in [-0.1, -0.05) is 26.0 Å². The molecule has 1 aromatic carbocycles. The zero-order valence-electron chi connectivity index (χ0n) is 13.7. The van der Waals surface area contributed by atoms with Crippen LogP contribution in [0.25, 0.3) is 0 Å². The Balaban J connectivity index is 2.87. The van der Waals surface area contributed by atoms with Crippen LogP contribution in [0, 0.1) is 6.92 Å². The lowest BCUT2D eigenvalue weighted by atomic mass is 10.0. The molecule has 0 aliphatic heterocycles. The van der Waals surface area contributed by atoms with Gasteiger partial charge in [0.1, 0.15) is 5.75 Å². The largest absolute Gasteiger partial charge is 0.481 e. The Morgan fingerprint density at radius 2 is 1.80 bits per heavy atom. The molecule has 0 saturated carbocycles. The lowest BCUT2D eigenvalue weighted by Crippen LogP contribution is -2.46. The van der Waals surface area contributed by atoms with Gasteiger partial charge in [0.15, 0.2) is 6.10 Å². The normalized spacial score (nSPS) is 13.2. The smallest absolute Gasteiger partial charge is 0.261 e. The van der Waals surface area contributed by atoms with E-state index in [1.807, 2.05) is 33.8 Å². The Bertz CT molecular complexity index is 472. The van der Waals surface area contributed by atoms with Crippen molar-refractivity contribution in [2.24, 2.45) is 0 Å². The Kier molecular flexibility index (Phi) is 5.21. The van der Waals surface area contributed by atoms with Crippen molar-refractivity contribution in [1.82, 2.24) is 5.32 Å². The van der Waals surface area contributed by atoms with Crippen LogP contribution < -0.4 is 10.1 Å². The highest BCUT2D eigenvalue weighted by Gasteiger charge is 2.21. The van der Waals surface area contributed by atoms with Crippen molar-refractivity contribution >= 4 is 5.91 Å². The van der Waals surface area contributed by atoms with Gasteiger partial charge in [0.05, 0.1) is 0 Å². The van der Waals surface area contributed by atoms with Crippen molar-refractivity contribution in [3.8, 4) is 5.75 Å².